The molecular formula is C18H36N4. The molecule has 2 aliphatic rings. The Morgan fingerprint density at radius 2 is 1.27 bits per heavy atom. The highest BCUT2D eigenvalue weighted by Gasteiger charge is 2.40. The summed E-state index contributed by atoms with van der Waals surface area (Å²) in [7, 11) is 8.34. The molecule has 0 atom stereocenters. The van der Waals surface area contributed by atoms with Gasteiger partial charge in [-0.1, -0.05) is 25.7 Å². The molecule has 128 valence electrons. The van der Waals surface area contributed by atoms with Crippen molar-refractivity contribution in [2.45, 2.75) is 75.4 Å². The molecule has 0 aromatic carbocycles. The Labute approximate surface area is 137 Å². The fourth-order valence-corrected chi connectivity index (χ4v) is 3.82. The van der Waals surface area contributed by atoms with Crippen molar-refractivity contribution in [3.05, 3.63) is 11.4 Å². The number of hydrogen-bond acceptors (Lipinski definition) is 3. The summed E-state index contributed by atoms with van der Waals surface area (Å²) in [4.78, 5) is 8.15. The summed E-state index contributed by atoms with van der Waals surface area (Å²) < 4.78 is 0. The standard InChI is InChI=1S/C9H16N2.C9H20N2/c1-10-9(11(2)3)7-5-4-6-8-9;1-11(2)9(8-10)6-4-3-5-7-9/h4-8H2,2-3H3;3-8,10H2,1-2H3. The summed E-state index contributed by atoms with van der Waals surface area (Å²) >= 11 is 0. The van der Waals surface area contributed by atoms with Crippen LogP contribution in [0.5, 0.6) is 0 Å². The van der Waals surface area contributed by atoms with Crippen molar-refractivity contribution < 1.29 is 0 Å². The third kappa shape index (κ3) is 4.68. The van der Waals surface area contributed by atoms with E-state index in [-0.39, 0.29) is 5.66 Å². The van der Waals surface area contributed by atoms with Crippen LogP contribution < -0.4 is 5.73 Å². The van der Waals surface area contributed by atoms with Crippen LogP contribution in [0.1, 0.15) is 64.2 Å². The van der Waals surface area contributed by atoms with Crippen molar-refractivity contribution in [1.82, 2.24) is 9.80 Å². The van der Waals surface area contributed by atoms with Gasteiger partial charge in [0.2, 0.25) is 0 Å². The smallest absolute Gasteiger partial charge is 0.288 e. The van der Waals surface area contributed by atoms with Crippen molar-refractivity contribution in [1.29, 1.82) is 0 Å². The van der Waals surface area contributed by atoms with Crippen LogP contribution in [0.4, 0.5) is 0 Å². The molecule has 0 heterocycles. The zero-order chi connectivity index (χ0) is 16.6. The van der Waals surface area contributed by atoms with Gasteiger partial charge in [-0.2, -0.15) is 0 Å². The van der Waals surface area contributed by atoms with Crippen LogP contribution >= 0.6 is 0 Å². The Morgan fingerprint density at radius 3 is 1.50 bits per heavy atom. The first-order chi connectivity index (χ1) is 10.4. The number of nitrogens with two attached hydrogens (primary N) is 1. The van der Waals surface area contributed by atoms with Crippen LogP contribution in [0.3, 0.4) is 0 Å². The number of nitrogens with zero attached hydrogens (tertiary/aromatic N) is 3. The highest BCUT2D eigenvalue weighted by atomic mass is 15.2. The highest BCUT2D eigenvalue weighted by Crippen LogP contribution is 2.33. The van der Waals surface area contributed by atoms with E-state index >= 15 is 0 Å². The van der Waals surface area contributed by atoms with Gasteiger partial charge < -0.3 is 10.6 Å². The molecule has 0 unspecified atom stereocenters. The fourth-order valence-electron chi connectivity index (χ4n) is 3.82. The third-order valence-corrected chi connectivity index (χ3v) is 5.81. The average Bonchev–Trinajstić information content (AvgIpc) is 2.56. The Balaban J connectivity index is 0.000000220. The molecule has 22 heavy (non-hydrogen) atoms. The van der Waals surface area contributed by atoms with Gasteiger partial charge >= 0.3 is 0 Å². The van der Waals surface area contributed by atoms with Crippen LogP contribution in [0.25, 0.3) is 4.85 Å². The first kappa shape index (κ1) is 19.4. The molecule has 0 amide bonds. The van der Waals surface area contributed by atoms with E-state index in [1.165, 1.54) is 51.4 Å². The minimum Gasteiger partial charge on any atom is -0.329 e. The molecule has 4 heteroatoms. The lowest BCUT2D eigenvalue weighted by atomic mass is 9.81. The van der Waals surface area contributed by atoms with Gasteiger partial charge in [0.25, 0.3) is 5.66 Å². The van der Waals surface area contributed by atoms with Crippen LogP contribution in [0.2, 0.25) is 0 Å². The molecule has 2 fully saturated rings. The molecule has 0 radical (unpaired) electrons. The minimum absolute atomic E-state index is 0.155. The van der Waals surface area contributed by atoms with Crippen molar-refractivity contribution in [3.8, 4) is 0 Å². The van der Waals surface area contributed by atoms with E-state index in [1.807, 2.05) is 14.1 Å². The van der Waals surface area contributed by atoms with Crippen LogP contribution in [-0.2, 0) is 0 Å². The average molecular weight is 309 g/mol. The number of rotatable bonds is 3. The molecule has 0 saturated heterocycles. The van der Waals surface area contributed by atoms with E-state index in [4.69, 9.17) is 12.3 Å². The Kier molecular flexibility index (Phi) is 7.82. The Hall–Kier alpha value is -0.630. The molecule has 0 aromatic heterocycles. The summed E-state index contributed by atoms with van der Waals surface area (Å²) in [6, 6.07) is 0. The largest absolute Gasteiger partial charge is 0.329 e. The molecule has 2 N–H and O–H groups in total. The molecule has 0 bridgehead atoms. The summed E-state index contributed by atoms with van der Waals surface area (Å²) in [5.74, 6) is 0. The molecule has 0 spiro atoms. The second-order valence-corrected chi connectivity index (χ2v) is 7.43. The van der Waals surface area contributed by atoms with Gasteiger partial charge in [-0.15, -0.1) is 0 Å². The van der Waals surface area contributed by atoms with Gasteiger partial charge in [0.15, 0.2) is 0 Å². The lowest BCUT2D eigenvalue weighted by molar-refractivity contribution is 0.109. The Morgan fingerprint density at radius 1 is 0.818 bits per heavy atom. The zero-order valence-electron chi connectivity index (χ0n) is 15.2. The van der Waals surface area contributed by atoms with Crippen LogP contribution in [0.15, 0.2) is 0 Å². The van der Waals surface area contributed by atoms with Gasteiger partial charge in [0, 0.05) is 24.9 Å². The first-order valence-electron chi connectivity index (χ1n) is 8.86. The number of hydrogen-bond donors (Lipinski definition) is 1. The normalized spacial score (nSPS) is 23.5. The number of likely N-dealkylation sites (N-methyl/N-ethyl adjacent to an activating group) is 1. The SMILES string of the molecule is CN(C)C1(CN)CCCCC1.[C-]#[N+]C1(N(C)C)CCCCC1. The lowest BCUT2D eigenvalue weighted by Gasteiger charge is -2.42. The van der Waals surface area contributed by atoms with E-state index in [1.54, 1.807) is 0 Å². The molecule has 2 saturated carbocycles. The summed E-state index contributed by atoms with van der Waals surface area (Å²) in [5, 5.41) is 0. The first-order valence-corrected chi connectivity index (χ1v) is 8.86. The molecule has 0 aromatic rings. The van der Waals surface area contributed by atoms with Gasteiger partial charge in [0.1, 0.15) is 0 Å². The van der Waals surface area contributed by atoms with Gasteiger partial charge in [0.05, 0.1) is 0 Å². The lowest BCUT2D eigenvalue weighted by Crippen LogP contribution is -2.51. The van der Waals surface area contributed by atoms with E-state index in [2.05, 4.69) is 28.7 Å². The molecule has 0 aliphatic heterocycles. The second-order valence-electron chi connectivity index (χ2n) is 7.43. The van der Waals surface area contributed by atoms with E-state index in [0.29, 0.717) is 5.54 Å². The quantitative estimate of drug-likeness (QED) is 0.813. The zero-order valence-corrected chi connectivity index (χ0v) is 15.2. The summed E-state index contributed by atoms with van der Waals surface area (Å²) in [6.07, 6.45) is 12.6. The van der Waals surface area contributed by atoms with Gasteiger partial charge in [-0.05, 0) is 53.9 Å². The maximum absolute atomic E-state index is 7.16. The van der Waals surface area contributed by atoms with E-state index in [0.717, 1.165) is 19.4 Å². The third-order valence-electron chi connectivity index (χ3n) is 5.81. The maximum Gasteiger partial charge on any atom is 0.288 e. The topological polar surface area (TPSA) is 36.9 Å². The maximum atomic E-state index is 7.16. The molecular weight excluding hydrogens is 272 g/mol. The van der Waals surface area contributed by atoms with Crippen molar-refractivity contribution >= 4 is 0 Å². The predicted molar refractivity (Wildman–Crippen MR) is 94.7 cm³/mol. The van der Waals surface area contributed by atoms with Crippen molar-refractivity contribution in [2.75, 3.05) is 34.7 Å². The highest BCUT2D eigenvalue weighted by molar-refractivity contribution is 4.97. The van der Waals surface area contributed by atoms with Crippen molar-refractivity contribution in [3.63, 3.8) is 0 Å². The minimum atomic E-state index is -0.155. The van der Waals surface area contributed by atoms with E-state index in [9.17, 15) is 0 Å². The summed E-state index contributed by atoms with van der Waals surface area (Å²) in [5.41, 5.74) is 5.97. The predicted octanol–water partition coefficient (Wildman–Crippen LogP) is 3.34. The van der Waals surface area contributed by atoms with Crippen LogP contribution in [-0.4, -0.2) is 55.7 Å². The summed E-state index contributed by atoms with van der Waals surface area (Å²) in [6.45, 7) is 7.98. The monoisotopic (exact) mass is 308 g/mol. The van der Waals surface area contributed by atoms with Crippen LogP contribution in [0, 0.1) is 6.57 Å². The van der Waals surface area contributed by atoms with Gasteiger partial charge in [-0.25, -0.2) is 11.5 Å². The van der Waals surface area contributed by atoms with Crippen molar-refractivity contribution in [2.24, 2.45) is 5.73 Å². The fraction of sp³-hybridized carbons (Fsp3) is 0.944. The Bertz CT molecular complexity index is 345. The second kappa shape index (κ2) is 8.86. The van der Waals surface area contributed by atoms with E-state index < -0.39 is 0 Å². The molecule has 2 aliphatic carbocycles. The molecule has 4 nitrogen and oxygen atoms in total. The molecule has 2 rings (SSSR count). The van der Waals surface area contributed by atoms with Gasteiger partial charge in [-0.3, -0.25) is 4.85 Å².